The van der Waals surface area contributed by atoms with Gasteiger partial charge in [0.2, 0.25) is 17.7 Å². The van der Waals surface area contributed by atoms with Gasteiger partial charge in [0.1, 0.15) is 18.1 Å². The molecule has 9 heteroatoms. The number of amides is 3. The van der Waals surface area contributed by atoms with Crippen molar-refractivity contribution >= 4 is 23.7 Å². The molecule has 1 heterocycles. The second-order valence-corrected chi connectivity index (χ2v) is 10.3. The van der Waals surface area contributed by atoms with Crippen molar-refractivity contribution in [1.29, 1.82) is 0 Å². The van der Waals surface area contributed by atoms with E-state index in [1.165, 1.54) is 4.90 Å². The van der Waals surface area contributed by atoms with Crippen molar-refractivity contribution in [2.75, 3.05) is 6.54 Å². The van der Waals surface area contributed by atoms with E-state index < -0.39 is 47.9 Å². The number of hydrogen-bond donors (Lipinski definition) is 4. The average molecular weight is 557 g/mol. The summed E-state index contributed by atoms with van der Waals surface area (Å²) in [6, 6.07) is 23.9. The van der Waals surface area contributed by atoms with Crippen molar-refractivity contribution < 1.29 is 24.3 Å². The quantitative estimate of drug-likeness (QED) is 0.269. The van der Waals surface area contributed by atoms with Crippen LogP contribution in [0.3, 0.4) is 0 Å². The summed E-state index contributed by atoms with van der Waals surface area (Å²) in [5.41, 5.74) is 8.73. The predicted molar refractivity (Wildman–Crippen MR) is 155 cm³/mol. The number of carbonyl (C=O) groups is 4. The fourth-order valence-electron chi connectivity index (χ4n) is 5.11. The third-order valence-electron chi connectivity index (χ3n) is 7.27. The molecule has 41 heavy (non-hydrogen) atoms. The molecule has 1 aliphatic heterocycles. The molecule has 9 nitrogen and oxygen atoms in total. The number of aliphatic carboxylic acids is 1. The molecule has 0 radical (unpaired) electrons. The number of nitrogens with two attached hydrogens (primary N) is 1. The number of carboxylic acid groups (broad SMARTS) is 1. The number of carboxylic acids is 1. The number of carbonyl (C=O) groups excluding carboxylic acids is 3. The minimum atomic E-state index is -1.15. The summed E-state index contributed by atoms with van der Waals surface area (Å²) in [4.78, 5) is 53.7. The van der Waals surface area contributed by atoms with E-state index in [1.807, 2.05) is 66.7 Å². The van der Waals surface area contributed by atoms with Crippen LogP contribution in [0.4, 0.5) is 0 Å². The molecule has 0 spiro atoms. The van der Waals surface area contributed by atoms with E-state index in [9.17, 15) is 24.3 Å². The van der Waals surface area contributed by atoms with E-state index in [1.54, 1.807) is 24.3 Å². The Morgan fingerprint density at radius 1 is 0.756 bits per heavy atom. The first-order valence-electron chi connectivity index (χ1n) is 13.8. The van der Waals surface area contributed by atoms with Crippen LogP contribution in [0.1, 0.15) is 29.5 Å². The fraction of sp³-hybridized carbons (Fsp3) is 0.312. The van der Waals surface area contributed by atoms with Gasteiger partial charge in [0.05, 0.1) is 6.04 Å². The highest BCUT2D eigenvalue weighted by molar-refractivity contribution is 5.94. The molecular weight excluding hydrogens is 520 g/mol. The standard InChI is InChI=1S/C32H36N4O5/c33-25(19-22-11-4-1-5-12-22)29(37)34-26(20-23-13-6-2-7-14-23)31(39)36-18-10-17-28(36)30(38)35-27(32(40)41)21-24-15-8-3-9-16-24/h1-9,11-16,25-28H,10,17-21,33H2,(H,34,37)(H,35,38)(H,40,41). The SMILES string of the molecule is NC(Cc1ccccc1)C(=O)NC(Cc1ccccc1)C(=O)N1CCCC1C(=O)NC(Cc1ccccc1)C(=O)O. The van der Waals surface area contributed by atoms with Crippen molar-refractivity contribution in [3.05, 3.63) is 108 Å². The summed E-state index contributed by atoms with van der Waals surface area (Å²) in [6.45, 7) is 0.324. The lowest BCUT2D eigenvalue weighted by molar-refractivity contribution is -0.144. The lowest BCUT2D eigenvalue weighted by Gasteiger charge is -2.30. The summed E-state index contributed by atoms with van der Waals surface area (Å²) in [5, 5.41) is 15.2. The Balaban J connectivity index is 1.47. The Kier molecular flexibility index (Phi) is 10.2. The van der Waals surface area contributed by atoms with E-state index >= 15 is 0 Å². The van der Waals surface area contributed by atoms with Crippen LogP contribution in [0.25, 0.3) is 0 Å². The third-order valence-corrected chi connectivity index (χ3v) is 7.27. The fourth-order valence-corrected chi connectivity index (χ4v) is 5.11. The minimum absolute atomic E-state index is 0.120. The van der Waals surface area contributed by atoms with Crippen molar-refractivity contribution in [2.45, 2.75) is 56.3 Å². The Bertz CT molecular complexity index is 1320. The van der Waals surface area contributed by atoms with Gasteiger partial charge in [-0.1, -0.05) is 91.0 Å². The molecule has 214 valence electrons. The molecule has 3 aromatic carbocycles. The molecule has 0 bridgehead atoms. The molecule has 4 unspecified atom stereocenters. The number of nitrogens with zero attached hydrogens (tertiary/aromatic N) is 1. The predicted octanol–water partition coefficient (Wildman–Crippen LogP) is 2.09. The van der Waals surface area contributed by atoms with Crippen molar-refractivity contribution in [2.24, 2.45) is 5.73 Å². The first kappa shape index (κ1) is 29.5. The van der Waals surface area contributed by atoms with Gasteiger partial charge in [-0.25, -0.2) is 4.79 Å². The zero-order chi connectivity index (χ0) is 29.2. The molecule has 4 rings (SSSR count). The normalized spacial score (nSPS) is 16.8. The number of hydrogen-bond acceptors (Lipinski definition) is 5. The van der Waals surface area contributed by atoms with Crippen LogP contribution in [0.5, 0.6) is 0 Å². The zero-order valence-corrected chi connectivity index (χ0v) is 22.8. The molecule has 3 amide bonds. The number of likely N-dealkylation sites (tertiary alicyclic amines) is 1. The monoisotopic (exact) mass is 556 g/mol. The molecule has 0 aliphatic carbocycles. The minimum Gasteiger partial charge on any atom is -0.480 e. The summed E-state index contributed by atoms with van der Waals surface area (Å²) >= 11 is 0. The maximum Gasteiger partial charge on any atom is 0.326 e. The summed E-state index contributed by atoms with van der Waals surface area (Å²) in [5.74, 6) is -2.54. The third kappa shape index (κ3) is 8.25. The molecule has 1 saturated heterocycles. The van der Waals surface area contributed by atoms with Crippen LogP contribution in [0, 0.1) is 0 Å². The smallest absolute Gasteiger partial charge is 0.326 e. The van der Waals surface area contributed by atoms with E-state index in [0.717, 1.165) is 16.7 Å². The lowest BCUT2D eigenvalue weighted by Crippen LogP contribution is -2.57. The molecule has 1 aliphatic rings. The van der Waals surface area contributed by atoms with Crippen LogP contribution < -0.4 is 16.4 Å². The van der Waals surface area contributed by atoms with E-state index in [-0.39, 0.29) is 12.8 Å². The second-order valence-electron chi connectivity index (χ2n) is 10.3. The van der Waals surface area contributed by atoms with Gasteiger partial charge in [-0.15, -0.1) is 0 Å². The van der Waals surface area contributed by atoms with Gasteiger partial charge in [-0.3, -0.25) is 14.4 Å². The molecule has 3 aromatic rings. The van der Waals surface area contributed by atoms with E-state index in [2.05, 4.69) is 10.6 Å². The molecule has 4 atom stereocenters. The Morgan fingerprint density at radius 3 is 1.76 bits per heavy atom. The largest absolute Gasteiger partial charge is 0.480 e. The molecule has 1 fully saturated rings. The Labute approximate surface area is 239 Å². The molecule has 0 saturated carbocycles. The molecular formula is C32H36N4O5. The van der Waals surface area contributed by atoms with Gasteiger partial charge in [-0.2, -0.15) is 0 Å². The van der Waals surface area contributed by atoms with Crippen molar-refractivity contribution in [3.8, 4) is 0 Å². The first-order chi connectivity index (χ1) is 19.8. The topological polar surface area (TPSA) is 142 Å². The summed E-state index contributed by atoms with van der Waals surface area (Å²) in [7, 11) is 0. The number of nitrogens with one attached hydrogen (secondary N) is 2. The number of benzene rings is 3. The van der Waals surface area contributed by atoms with Gasteiger partial charge in [0, 0.05) is 19.4 Å². The Hall–Kier alpha value is -4.50. The maximum absolute atomic E-state index is 13.9. The zero-order valence-electron chi connectivity index (χ0n) is 22.8. The van der Waals surface area contributed by atoms with Crippen LogP contribution in [-0.2, 0) is 38.4 Å². The highest BCUT2D eigenvalue weighted by Gasteiger charge is 2.39. The van der Waals surface area contributed by atoms with Gasteiger partial charge < -0.3 is 26.4 Å². The van der Waals surface area contributed by atoms with Crippen LogP contribution in [0.2, 0.25) is 0 Å². The van der Waals surface area contributed by atoms with Crippen LogP contribution in [0.15, 0.2) is 91.0 Å². The van der Waals surface area contributed by atoms with Crippen molar-refractivity contribution in [3.63, 3.8) is 0 Å². The second kappa shape index (κ2) is 14.2. The van der Waals surface area contributed by atoms with Gasteiger partial charge in [-0.05, 0) is 36.0 Å². The van der Waals surface area contributed by atoms with E-state index in [4.69, 9.17) is 5.73 Å². The van der Waals surface area contributed by atoms with Gasteiger partial charge in [0.15, 0.2) is 0 Å². The molecule has 5 N–H and O–H groups in total. The lowest BCUT2D eigenvalue weighted by atomic mass is 10.0. The van der Waals surface area contributed by atoms with Crippen LogP contribution in [-0.4, -0.2) is 64.4 Å². The molecule has 0 aromatic heterocycles. The number of rotatable bonds is 12. The highest BCUT2D eigenvalue weighted by atomic mass is 16.4. The highest BCUT2D eigenvalue weighted by Crippen LogP contribution is 2.20. The van der Waals surface area contributed by atoms with Gasteiger partial charge >= 0.3 is 5.97 Å². The summed E-state index contributed by atoms with van der Waals surface area (Å²) < 4.78 is 0. The van der Waals surface area contributed by atoms with Crippen LogP contribution >= 0.6 is 0 Å². The van der Waals surface area contributed by atoms with Crippen molar-refractivity contribution in [1.82, 2.24) is 15.5 Å². The maximum atomic E-state index is 13.9. The van der Waals surface area contributed by atoms with E-state index in [0.29, 0.717) is 25.8 Å². The summed E-state index contributed by atoms with van der Waals surface area (Å²) in [6.07, 6.45) is 1.63. The Morgan fingerprint density at radius 2 is 1.24 bits per heavy atom. The first-order valence-corrected chi connectivity index (χ1v) is 13.8. The van der Waals surface area contributed by atoms with Gasteiger partial charge in [0.25, 0.3) is 0 Å². The average Bonchev–Trinajstić information content (AvgIpc) is 3.48.